The van der Waals surface area contributed by atoms with Crippen LogP contribution in [0, 0.1) is 18.3 Å². The molecule has 0 saturated heterocycles. The van der Waals surface area contributed by atoms with Crippen molar-refractivity contribution >= 4 is 29.3 Å². The number of nitriles is 1. The number of pyridine rings is 1. The third-order valence-corrected chi connectivity index (χ3v) is 4.38. The van der Waals surface area contributed by atoms with Crippen molar-refractivity contribution in [3.8, 4) is 6.07 Å². The molecule has 0 aliphatic rings. The second-order valence-electron chi connectivity index (χ2n) is 5.80. The molecule has 5 nitrogen and oxygen atoms in total. The molecule has 0 spiro atoms. The zero-order chi connectivity index (χ0) is 19.1. The molecule has 0 N–H and O–H groups in total. The van der Waals surface area contributed by atoms with E-state index in [0.29, 0.717) is 23.1 Å². The molecular weight excluding hydrogens is 346 g/mol. The molecule has 0 unspecified atom stereocenters. The molecule has 1 aromatic carbocycles. The molecule has 136 valence electrons. The van der Waals surface area contributed by atoms with E-state index < -0.39 is 0 Å². The lowest BCUT2D eigenvalue weighted by molar-refractivity contribution is 0.865. The molecule has 0 radical (unpaired) electrons. The maximum Gasteiger partial charge on any atom is 0.168 e. The van der Waals surface area contributed by atoms with Crippen molar-refractivity contribution in [2.24, 2.45) is 5.10 Å². The van der Waals surface area contributed by atoms with Crippen LogP contribution < -0.4 is 9.91 Å². The van der Waals surface area contributed by atoms with Gasteiger partial charge < -0.3 is 4.90 Å². The Hall–Kier alpha value is -2.58. The molecule has 0 atom stereocenters. The first-order valence-electron chi connectivity index (χ1n) is 8.77. The van der Waals surface area contributed by atoms with Crippen LogP contribution in [0.4, 0.5) is 11.5 Å². The fourth-order valence-corrected chi connectivity index (χ4v) is 2.97. The van der Waals surface area contributed by atoms with Crippen molar-refractivity contribution < 1.29 is 0 Å². The summed E-state index contributed by atoms with van der Waals surface area (Å²) in [5, 5.41) is 16.0. The smallest absolute Gasteiger partial charge is 0.168 e. The molecule has 0 amide bonds. The van der Waals surface area contributed by atoms with Crippen molar-refractivity contribution in [3.05, 3.63) is 52.2 Å². The molecule has 0 fully saturated rings. The van der Waals surface area contributed by atoms with E-state index in [0.717, 1.165) is 24.2 Å². The van der Waals surface area contributed by atoms with E-state index >= 15 is 0 Å². The Balaban J connectivity index is 2.27. The summed E-state index contributed by atoms with van der Waals surface area (Å²) in [4.78, 5) is 6.58. The zero-order valence-electron chi connectivity index (χ0n) is 15.7. The van der Waals surface area contributed by atoms with Gasteiger partial charge in [-0.3, -0.25) is 0 Å². The number of rotatable bonds is 7. The number of hydrogen-bond donors (Lipinski definition) is 0. The standard InChI is InChI=1S/C20H24ClN5/c1-5-25(6-2)17-10-8-16(9-11-17)14-23-26(7-3)20-18(13-22)15(4)12-19(21)24-20/h8-12,14H,5-7H2,1-4H3. The van der Waals surface area contributed by atoms with Gasteiger partial charge in [-0.05, 0) is 57.0 Å². The fraction of sp³-hybridized carbons (Fsp3) is 0.350. The number of aromatic nitrogens is 1. The van der Waals surface area contributed by atoms with Crippen LogP contribution in [-0.2, 0) is 0 Å². The predicted octanol–water partition coefficient (Wildman–Crippen LogP) is 4.62. The number of anilines is 2. The highest BCUT2D eigenvalue weighted by atomic mass is 35.5. The average molecular weight is 370 g/mol. The Morgan fingerprint density at radius 3 is 2.35 bits per heavy atom. The van der Waals surface area contributed by atoms with Crippen LogP contribution in [0.1, 0.15) is 37.5 Å². The maximum absolute atomic E-state index is 9.43. The minimum Gasteiger partial charge on any atom is -0.372 e. The van der Waals surface area contributed by atoms with E-state index in [1.807, 2.05) is 26.0 Å². The van der Waals surface area contributed by atoms with E-state index in [1.165, 1.54) is 5.69 Å². The van der Waals surface area contributed by atoms with Gasteiger partial charge in [0.05, 0.1) is 11.8 Å². The number of aryl methyl sites for hydroxylation is 1. The second kappa shape index (κ2) is 9.21. The highest BCUT2D eigenvalue weighted by Gasteiger charge is 2.14. The summed E-state index contributed by atoms with van der Waals surface area (Å²) in [6.45, 7) is 10.6. The minimum atomic E-state index is 0.355. The molecule has 6 heteroatoms. The van der Waals surface area contributed by atoms with Gasteiger partial charge in [0, 0.05) is 25.3 Å². The highest BCUT2D eigenvalue weighted by Crippen LogP contribution is 2.24. The lowest BCUT2D eigenvalue weighted by atomic mass is 10.1. The van der Waals surface area contributed by atoms with Crippen molar-refractivity contribution in [2.45, 2.75) is 27.7 Å². The topological polar surface area (TPSA) is 55.5 Å². The average Bonchev–Trinajstić information content (AvgIpc) is 2.64. The minimum absolute atomic E-state index is 0.355. The van der Waals surface area contributed by atoms with Crippen LogP contribution in [0.3, 0.4) is 0 Å². The van der Waals surface area contributed by atoms with Gasteiger partial charge in [0.2, 0.25) is 0 Å². The normalized spacial score (nSPS) is 10.8. The van der Waals surface area contributed by atoms with Gasteiger partial charge in [0.15, 0.2) is 5.82 Å². The van der Waals surface area contributed by atoms with Gasteiger partial charge >= 0.3 is 0 Å². The Kier molecular flexibility index (Phi) is 6.99. The van der Waals surface area contributed by atoms with E-state index in [4.69, 9.17) is 11.6 Å². The number of hydrazone groups is 1. The largest absolute Gasteiger partial charge is 0.372 e. The van der Waals surface area contributed by atoms with E-state index in [-0.39, 0.29) is 0 Å². The van der Waals surface area contributed by atoms with Crippen LogP contribution in [0.2, 0.25) is 5.15 Å². The summed E-state index contributed by atoms with van der Waals surface area (Å²) in [6, 6.07) is 12.1. The summed E-state index contributed by atoms with van der Waals surface area (Å²) in [7, 11) is 0. The van der Waals surface area contributed by atoms with Crippen molar-refractivity contribution in [1.82, 2.24) is 4.98 Å². The molecule has 2 rings (SSSR count). The van der Waals surface area contributed by atoms with E-state index in [2.05, 4.69) is 47.0 Å². The lowest BCUT2D eigenvalue weighted by Gasteiger charge is -2.21. The fourth-order valence-electron chi connectivity index (χ4n) is 2.72. The Morgan fingerprint density at radius 2 is 1.81 bits per heavy atom. The van der Waals surface area contributed by atoms with Crippen LogP contribution in [0.25, 0.3) is 0 Å². The summed E-state index contributed by atoms with van der Waals surface area (Å²) in [5.74, 6) is 0.482. The van der Waals surface area contributed by atoms with Crippen LogP contribution in [0.5, 0.6) is 0 Å². The number of benzene rings is 1. The first-order chi connectivity index (χ1) is 12.5. The molecule has 0 aliphatic heterocycles. The van der Waals surface area contributed by atoms with Crippen molar-refractivity contribution in [3.63, 3.8) is 0 Å². The molecule has 1 heterocycles. The molecule has 1 aromatic heterocycles. The van der Waals surface area contributed by atoms with Gasteiger partial charge in [-0.25, -0.2) is 9.99 Å². The van der Waals surface area contributed by atoms with Gasteiger partial charge in [0.25, 0.3) is 0 Å². The molecule has 0 aliphatic carbocycles. The number of halogens is 1. The summed E-state index contributed by atoms with van der Waals surface area (Å²) in [6.07, 6.45) is 1.77. The Bertz CT molecular complexity index is 804. The van der Waals surface area contributed by atoms with Gasteiger partial charge in [-0.1, -0.05) is 23.7 Å². The first kappa shape index (κ1) is 19.7. The zero-order valence-corrected chi connectivity index (χ0v) is 16.5. The highest BCUT2D eigenvalue weighted by molar-refractivity contribution is 6.29. The van der Waals surface area contributed by atoms with Gasteiger partial charge in [0.1, 0.15) is 11.2 Å². The molecular formula is C20H24ClN5. The molecule has 2 aromatic rings. The Morgan fingerprint density at radius 1 is 1.15 bits per heavy atom. The second-order valence-corrected chi connectivity index (χ2v) is 6.18. The lowest BCUT2D eigenvalue weighted by Crippen LogP contribution is -2.21. The van der Waals surface area contributed by atoms with Crippen molar-refractivity contribution in [1.29, 1.82) is 5.26 Å². The van der Waals surface area contributed by atoms with Gasteiger partial charge in [-0.15, -0.1) is 0 Å². The quantitative estimate of drug-likeness (QED) is 0.406. The molecule has 0 bridgehead atoms. The monoisotopic (exact) mass is 369 g/mol. The Labute approximate surface area is 160 Å². The number of hydrogen-bond acceptors (Lipinski definition) is 5. The van der Waals surface area contributed by atoms with Crippen LogP contribution >= 0.6 is 11.6 Å². The van der Waals surface area contributed by atoms with E-state index in [1.54, 1.807) is 17.3 Å². The molecule has 0 saturated carbocycles. The maximum atomic E-state index is 9.43. The summed E-state index contributed by atoms with van der Waals surface area (Å²) < 4.78 is 0. The number of nitrogens with zero attached hydrogens (tertiary/aromatic N) is 5. The van der Waals surface area contributed by atoms with Gasteiger partial charge in [-0.2, -0.15) is 10.4 Å². The third-order valence-electron chi connectivity index (χ3n) is 4.19. The van der Waals surface area contributed by atoms with Crippen LogP contribution in [-0.4, -0.2) is 30.8 Å². The molecule has 26 heavy (non-hydrogen) atoms. The SMILES string of the molecule is CCN(CC)c1ccc(C=NN(CC)c2nc(Cl)cc(C)c2C#N)cc1. The summed E-state index contributed by atoms with van der Waals surface area (Å²) in [5.41, 5.74) is 3.46. The van der Waals surface area contributed by atoms with Crippen LogP contribution in [0.15, 0.2) is 35.4 Å². The van der Waals surface area contributed by atoms with E-state index in [9.17, 15) is 5.26 Å². The first-order valence-corrected chi connectivity index (χ1v) is 9.15. The predicted molar refractivity (Wildman–Crippen MR) is 109 cm³/mol. The third kappa shape index (κ3) is 4.53. The summed E-state index contributed by atoms with van der Waals surface area (Å²) >= 11 is 6.07. The van der Waals surface area contributed by atoms with Crippen molar-refractivity contribution in [2.75, 3.05) is 29.5 Å².